The number of H-pyrrole nitrogens is 1. The van der Waals surface area contributed by atoms with E-state index in [9.17, 15) is 9.18 Å². The molecule has 0 spiro atoms. The highest BCUT2D eigenvalue weighted by Crippen LogP contribution is 2.45. The van der Waals surface area contributed by atoms with Gasteiger partial charge in [-0.3, -0.25) is 9.89 Å². The summed E-state index contributed by atoms with van der Waals surface area (Å²) in [6, 6.07) is 3.14. The zero-order chi connectivity index (χ0) is 22.1. The van der Waals surface area contributed by atoms with Gasteiger partial charge in [-0.1, -0.05) is 0 Å². The van der Waals surface area contributed by atoms with Gasteiger partial charge in [-0.05, 0) is 49.1 Å². The van der Waals surface area contributed by atoms with E-state index >= 15 is 0 Å². The molecule has 2 N–H and O–H groups in total. The Morgan fingerprint density at radius 1 is 1.27 bits per heavy atom. The number of aromatic nitrogens is 4. The third-order valence-electron chi connectivity index (χ3n) is 7.12. The molecule has 10 heteroatoms. The number of nitrogens with one attached hydrogen (secondary N) is 2. The van der Waals surface area contributed by atoms with Gasteiger partial charge in [0.1, 0.15) is 22.8 Å². The molecule has 1 saturated carbocycles. The van der Waals surface area contributed by atoms with Crippen LogP contribution < -0.4 is 5.32 Å². The molecule has 0 bridgehead atoms. The van der Waals surface area contributed by atoms with Gasteiger partial charge in [0.25, 0.3) is 0 Å². The summed E-state index contributed by atoms with van der Waals surface area (Å²) < 4.78 is 14.7. The number of carbonyl (C=O) groups excluding carboxylic acids is 1. The van der Waals surface area contributed by atoms with Gasteiger partial charge in [0.2, 0.25) is 0 Å². The van der Waals surface area contributed by atoms with Crippen molar-refractivity contribution < 1.29 is 14.0 Å². The molecule has 7 rings (SSSR count). The Morgan fingerprint density at radius 3 is 3.03 bits per heavy atom. The second-order valence-corrected chi connectivity index (χ2v) is 10.4. The fourth-order valence-corrected chi connectivity index (χ4v) is 6.49. The quantitative estimate of drug-likeness (QED) is 0.472. The van der Waals surface area contributed by atoms with Crippen LogP contribution in [0.5, 0.6) is 0 Å². The molecule has 3 aromatic heterocycles. The summed E-state index contributed by atoms with van der Waals surface area (Å²) in [5.41, 5.74) is 2.13. The van der Waals surface area contributed by atoms with Crippen molar-refractivity contribution in [1.29, 1.82) is 0 Å². The molecule has 3 atom stereocenters. The first kappa shape index (κ1) is 19.4. The van der Waals surface area contributed by atoms with Gasteiger partial charge >= 0.3 is 5.97 Å². The number of piperidine rings is 1. The molecule has 3 aliphatic rings. The van der Waals surface area contributed by atoms with Crippen LogP contribution in [0.4, 0.5) is 15.9 Å². The summed E-state index contributed by atoms with van der Waals surface area (Å²) in [5.74, 6) is 1.37. The van der Waals surface area contributed by atoms with Crippen LogP contribution in [-0.2, 0) is 22.5 Å². The Hall–Kier alpha value is -3.11. The van der Waals surface area contributed by atoms with Crippen molar-refractivity contribution in [3.63, 3.8) is 0 Å². The number of anilines is 2. The smallest absolute Gasteiger partial charge is 0.328 e. The van der Waals surface area contributed by atoms with Crippen LogP contribution in [-0.4, -0.2) is 44.3 Å². The zero-order valence-corrected chi connectivity index (χ0v) is 18.5. The van der Waals surface area contributed by atoms with Crippen molar-refractivity contribution in [3.8, 4) is 0 Å². The Labute approximate surface area is 192 Å². The number of fused-ring (bicyclic) bond motifs is 5. The molecule has 33 heavy (non-hydrogen) atoms. The van der Waals surface area contributed by atoms with Crippen LogP contribution in [0, 0.1) is 23.6 Å². The summed E-state index contributed by atoms with van der Waals surface area (Å²) in [6.45, 7) is 1.76. The summed E-state index contributed by atoms with van der Waals surface area (Å²) >= 11 is 1.58. The Bertz CT molecular complexity index is 1410. The minimum absolute atomic E-state index is 0.126. The van der Waals surface area contributed by atoms with Crippen LogP contribution in [0.3, 0.4) is 0 Å². The van der Waals surface area contributed by atoms with Gasteiger partial charge in [0.05, 0.1) is 28.7 Å². The molecular formula is C23H21FN6O2S. The number of aromatic amines is 1. The number of rotatable bonds is 4. The number of hydrogen-bond acceptors (Lipinski definition) is 8. The molecule has 2 aliphatic carbocycles. The maximum Gasteiger partial charge on any atom is 0.328 e. The molecule has 4 heterocycles. The third-order valence-corrected chi connectivity index (χ3v) is 8.29. The van der Waals surface area contributed by atoms with Crippen molar-refractivity contribution in [3.05, 3.63) is 40.9 Å². The van der Waals surface area contributed by atoms with Gasteiger partial charge in [-0.2, -0.15) is 5.10 Å². The first-order valence-electron chi connectivity index (χ1n) is 11.2. The molecule has 0 radical (unpaired) electrons. The maximum absolute atomic E-state index is 14.7. The van der Waals surface area contributed by atoms with Gasteiger partial charge < -0.3 is 10.2 Å². The van der Waals surface area contributed by atoms with Crippen molar-refractivity contribution in [2.75, 3.05) is 18.4 Å². The average molecular weight is 465 g/mol. The van der Waals surface area contributed by atoms with E-state index < -0.39 is 0 Å². The maximum atomic E-state index is 14.7. The molecule has 0 amide bonds. The molecule has 1 saturated heterocycles. The Kier molecular flexibility index (Phi) is 4.22. The van der Waals surface area contributed by atoms with Crippen LogP contribution in [0.25, 0.3) is 21.1 Å². The van der Waals surface area contributed by atoms with Crippen molar-refractivity contribution in [1.82, 2.24) is 25.2 Å². The fraction of sp³-hybridized carbons (Fsp3) is 0.391. The topological polar surface area (TPSA) is 96.0 Å². The summed E-state index contributed by atoms with van der Waals surface area (Å²) in [5, 5.41) is 13.5. The van der Waals surface area contributed by atoms with Crippen LogP contribution in [0.2, 0.25) is 0 Å². The first-order chi connectivity index (χ1) is 16.1. The molecule has 1 aromatic carbocycles. The van der Waals surface area contributed by atoms with E-state index in [1.165, 1.54) is 18.8 Å². The molecule has 168 valence electrons. The number of thiophene rings is 1. The number of carbonyl (C=O) groups is 1. The van der Waals surface area contributed by atoms with Crippen molar-refractivity contribution in [2.45, 2.75) is 25.7 Å². The number of hydrogen-bond donors (Lipinski definition) is 2. The van der Waals surface area contributed by atoms with Crippen LogP contribution in [0.15, 0.2) is 24.7 Å². The monoisotopic (exact) mass is 464 g/mol. The zero-order valence-electron chi connectivity index (χ0n) is 17.7. The highest BCUT2D eigenvalue weighted by Gasteiger charge is 2.47. The molecule has 2 fully saturated rings. The lowest BCUT2D eigenvalue weighted by Gasteiger charge is -2.24. The molecule has 2 unspecified atom stereocenters. The Balaban J connectivity index is 1.16. The predicted molar refractivity (Wildman–Crippen MR) is 122 cm³/mol. The molecular weight excluding hydrogens is 443 g/mol. The Morgan fingerprint density at radius 2 is 2.15 bits per heavy atom. The lowest BCUT2D eigenvalue weighted by atomic mass is 9.88. The van der Waals surface area contributed by atoms with Crippen molar-refractivity contribution >= 4 is 49.9 Å². The minimum Gasteiger partial charge on any atom is -0.368 e. The van der Waals surface area contributed by atoms with Crippen LogP contribution in [0.1, 0.15) is 23.3 Å². The van der Waals surface area contributed by atoms with Gasteiger partial charge in [-0.15, -0.1) is 16.4 Å². The highest BCUT2D eigenvalue weighted by atomic mass is 32.1. The molecule has 4 aromatic rings. The molecule has 8 nitrogen and oxygen atoms in total. The average Bonchev–Trinajstić information content (AvgIpc) is 3.16. The summed E-state index contributed by atoms with van der Waals surface area (Å²) in [4.78, 5) is 29.3. The molecule has 1 aliphatic heterocycles. The van der Waals surface area contributed by atoms with E-state index in [0.29, 0.717) is 23.4 Å². The van der Waals surface area contributed by atoms with Gasteiger partial charge in [-0.25, -0.2) is 14.4 Å². The first-order valence-corrected chi connectivity index (χ1v) is 12.1. The number of benzene rings is 1. The lowest BCUT2D eigenvalue weighted by Crippen LogP contribution is -2.32. The number of aryl methyl sites for hydroxylation is 1. The van der Waals surface area contributed by atoms with Crippen molar-refractivity contribution in [2.24, 2.45) is 17.8 Å². The number of halogens is 1. The largest absolute Gasteiger partial charge is 0.368 e. The van der Waals surface area contributed by atoms with E-state index in [4.69, 9.17) is 4.84 Å². The number of nitrogens with zero attached hydrogens (tertiary/aromatic N) is 4. The normalized spacial score (nSPS) is 24.1. The van der Waals surface area contributed by atoms with E-state index in [0.717, 1.165) is 63.8 Å². The summed E-state index contributed by atoms with van der Waals surface area (Å²) in [6.07, 6.45) is 6.54. The van der Waals surface area contributed by atoms with E-state index in [1.54, 1.807) is 23.6 Å². The predicted octanol–water partition coefficient (Wildman–Crippen LogP) is 3.97. The van der Waals surface area contributed by atoms with E-state index in [1.807, 2.05) is 5.06 Å². The third kappa shape index (κ3) is 3.27. The lowest BCUT2D eigenvalue weighted by molar-refractivity contribution is -0.193. The highest BCUT2D eigenvalue weighted by molar-refractivity contribution is 7.19. The minimum atomic E-state index is -0.384. The second-order valence-electron chi connectivity index (χ2n) is 9.27. The second kappa shape index (κ2) is 7.19. The standard InChI is InChI=1S/C23H21FN6O2S/c24-16-6-17-12(7-27-29-17)4-18(16)28-21-20-15-2-1-11(5-19(15)33-22(20)26-10-25-21)23(31)32-30-8-13-3-14(13)9-30/h4,6-7,10-11,13-14H,1-3,5,8-9H2,(H,27,29)(H,25,26,28)/t11-,13?,14?/m0/s1. The van der Waals surface area contributed by atoms with E-state index in [2.05, 4.69) is 25.5 Å². The number of hydroxylamine groups is 2. The van der Waals surface area contributed by atoms with Gasteiger partial charge in [0.15, 0.2) is 0 Å². The summed E-state index contributed by atoms with van der Waals surface area (Å²) in [7, 11) is 0. The SMILES string of the molecule is O=C(ON1CC2CC2C1)[C@H]1CCc2c(sc3ncnc(Nc4cc5cn[nH]c5cc4F)c23)C1. The van der Waals surface area contributed by atoms with Crippen LogP contribution >= 0.6 is 11.3 Å². The fourth-order valence-electron chi connectivity index (χ4n) is 5.23. The van der Waals surface area contributed by atoms with E-state index in [-0.39, 0.29) is 17.7 Å². The van der Waals surface area contributed by atoms with Gasteiger partial charge in [0, 0.05) is 29.4 Å².